The molecule has 7 nitrogen and oxygen atoms in total. The third-order valence-corrected chi connectivity index (χ3v) is 3.58. The van der Waals surface area contributed by atoms with Crippen molar-refractivity contribution in [2.24, 2.45) is 0 Å². The highest BCUT2D eigenvalue weighted by Crippen LogP contribution is 2.30. The van der Waals surface area contributed by atoms with E-state index in [1.54, 1.807) is 30.3 Å². The minimum absolute atomic E-state index is 0.257. The van der Waals surface area contributed by atoms with E-state index in [1.807, 2.05) is 18.2 Å². The molecule has 130 valence electrons. The summed E-state index contributed by atoms with van der Waals surface area (Å²) in [7, 11) is 0. The van der Waals surface area contributed by atoms with Gasteiger partial charge in [-0.15, -0.1) is 0 Å². The Morgan fingerprint density at radius 3 is 2.60 bits per heavy atom. The zero-order valence-corrected chi connectivity index (χ0v) is 13.4. The molecule has 0 aromatic heterocycles. The van der Waals surface area contributed by atoms with Crippen LogP contribution in [0.5, 0.6) is 11.5 Å². The summed E-state index contributed by atoms with van der Waals surface area (Å²) in [6, 6.07) is 13.6. The van der Waals surface area contributed by atoms with Crippen LogP contribution in [-0.2, 0) is 9.53 Å². The number of nitrogens with two attached hydrogens (primary N) is 1. The van der Waals surface area contributed by atoms with Gasteiger partial charge in [-0.1, -0.05) is 12.1 Å². The summed E-state index contributed by atoms with van der Waals surface area (Å²) in [6.45, 7) is 0.225. The van der Waals surface area contributed by atoms with Crippen LogP contribution < -0.4 is 20.5 Å². The fourth-order valence-corrected chi connectivity index (χ4v) is 2.28. The molecule has 1 aliphatic heterocycles. The first-order valence-corrected chi connectivity index (χ1v) is 7.79. The molecule has 2 aromatic carbocycles. The van der Waals surface area contributed by atoms with Crippen LogP contribution in [0.15, 0.2) is 48.5 Å². The Balaban J connectivity index is 1.41. The summed E-state index contributed by atoms with van der Waals surface area (Å²) in [5.41, 5.74) is 6.43. The SMILES string of the molecule is Nc1ccc(C(=O)OCC(=O)NC[C@H]2COc3ccccc3O2)cc1. The second-order valence-corrected chi connectivity index (χ2v) is 5.50. The molecule has 3 N–H and O–H groups in total. The van der Waals surface area contributed by atoms with Crippen LogP contribution in [0.4, 0.5) is 5.69 Å². The number of hydrogen-bond acceptors (Lipinski definition) is 6. The van der Waals surface area contributed by atoms with E-state index in [9.17, 15) is 9.59 Å². The molecule has 0 spiro atoms. The van der Waals surface area contributed by atoms with Crippen molar-refractivity contribution in [3.63, 3.8) is 0 Å². The number of carbonyl (C=O) groups is 2. The van der Waals surface area contributed by atoms with Crippen LogP contribution in [0.25, 0.3) is 0 Å². The van der Waals surface area contributed by atoms with Crippen molar-refractivity contribution in [3.05, 3.63) is 54.1 Å². The number of para-hydroxylation sites is 2. The second kappa shape index (κ2) is 7.57. The van der Waals surface area contributed by atoms with Gasteiger partial charge in [0, 0.05) is 5.69 Å². The van der Waals surface area contributed by atoms with Gasteiger partial charge < -0.3 is 25.3 Å². The van der Waals surface area contributed by atoms with Gasteiger partial charge in [0.05, 0.1) is 12.1 Å². The number of fused-ring (bicyclic) bond motifs is 1. The summed E-state index contributed by atoms with van der Waals surface area (Å²) in [5, 5.41) is 2.66. The largest absolute Gasteiger partial charge is 0.486 e. The highest BCUT2D eigenvalue weighted by molar-refractivity contribution is 5.91. The maximum atomic E-state index is 11.8. The van der Waals surface area contributed by atoms with Crippen LogP contribution in [-0.4, -0.2) is 37.7 Å². The Morgan fingerprint density at radius 1 is 1.12 bits per heavy atom. The van der Waals surface area contributed by atoms with Crippen molar-refractivity contribution in [1.29, 1.82) is 0 Å². The Kier molecular flexibility index (Phi) is 5.03. The first kappa shape index (κ1) is 16.6. The number of ether oxygens (including phenoxy) is 3. The van der Waals surface area contributed by atoms with E-state index in [2.05, 4.69) is 5.32 Å². The molecule has 0 bridgehead atoms. The van der Waals surface area contributed by atoms with Crippen molar-refractivity contribution < 1.29 is 23.8 Å². The van der Waals surface area contributed by atoms with Gasteiger partial charge in [0.1, 0.15) is 12.7 Å². The third-order valence-electron chi connectivity index (χ3n) is 3.58. The first-order chi connectivity index (χ1) is 12.1. The van der Waals surface area contributed by atoms with Gasteiger partial charge >= 0.3 is 5.97 Å². The Labute approximate surface area is 144 Å². The maximum Gasteiger partial charge on any atom is 0.338 e. The molecular formula is C18H18N2O5. The lowest BCUT2D eigenvalue weighted by Crippen LogP contribution is -2.42. The molecule has 1 heterocycles. The summed E-state index contributed by atoms with van der Waals surface area (Å²) in [5.74, 6) is 0.331. The molecule has 1 aliphatic rings. The van der Waals surface area contributed by atoms with Crippen molar-refractivity contribution in [1.82, 2.24) is 5.32 Å². The van der Waals surface area contributed by atoms with Crippen molar-refractivity contribution >= 4 is 17.6 Å². The van der Waals surface area contributed by atoms with E-state index in [4.69, 9.17) is 19.9 Å². The molecule has 0 fully saturated rings. The standard InChI is InChI=1S/C18H18N2O5/c19-13-7-5-12(6-8-13)18(22)24-11-17(21)20-9-14-10-23-15-3-1-2-4-16(15)25-14/h1-8,14H,9-11,19H2,(H,20,21)/t14-/m0/s1. The lowest BCUT2D eigenvalue weighted by molar-refractivity contribution is -0.124. The molecule has 25 heavy (non-hydrogen) atoms. The number of benzene rings is 2. The molecule has 1 atom stereocenters. The number of rotatable bonds is 5. The van der Waals surface area contributed by atoms with Crippen LogP contribution >= 0.6 is 0 Å². The molecule has 0 saturated heterocycles. The van der Waals surface area contributed by atoms with Gasteiger partial charge in [0.2, 0.25) is 0 Å². The van der Waals surface area contributed by atoms with Gasteiger partial charge in [0.25, 0.3) is 5.91 Å². The van der Waals surface area contributed by atoms with E-state index >= 15 is 0 Å². The Bertz CT molecular complexity index is 760. The van der Waals surface area contributed by atoms with Gasteiger partial charge in [-0.25, -0.2) is 4.79 Å². The minimum Gasteiger partial charge on any atom is -0.486 e. The fourth-order valence-electron chi connectivity index (χ4n) is 2.28. The molecule has 7 heteroatoms. The van der Waals surface area contributed by atoms with E-state index in [-0.39, 0.29) is 19.3 Å². The predicted octanol–water partition coefficient (Wildman–Crippen LogP) is 1.38. The highest BCUT2D eigenvalue weighted by atomic mass is 16.6. The molecule has 1 amide bonds. The maximum absolute atomic E-state index is 11.8. The number of hydrogen-bond donors (Lipinski definition) is 2. The molecular weight excluding hydrogens is 324 g/mol. The second-order valence-electron chi connectivity index (χ2n) is 5.50. The number of carbonyl (C=O) groups excluding carboxylic acids is 2. The summed E-state index contributed by atoms with van der Waals surface area (Å²) in [4.78, 5) is 23.6. The monoisotopic (exact) mass is 342 g/mol. The molecule has 3 rings (SSSR count). The van der Waals surface area contributed by atoms with Crippen LogP contribution in [0.2, 0.25) is 0 Å². The highest BCUT2D eigenvalue weighted by Gasteiger charge is 2.21. The number of nitrogens with one attached hydrogen (secondary N) is 1. The topological polar surface area (TPSA) is 99.9 Å². The van der Waals surface area contributed by atoms with Crippen molar-refractivity contribution in [3.8, 4) is 11.5 Å². The lowest BCUT2D eigenvalue weighted by Gasteiger charge is -2.26. The number of esters is 1. The summed E-state index contributed by atoms with van der Waals surface area (Å²) in [6.07, 6.45) is -0.299. The normalized spacial score (nSPS) is 15.3. The smallest absolute Gasteiger partial charge is 0.338 e. The quantitative estimate of drug-likeness (QED) is 0.629. The minimum atomic E-state index is -0.582. The van der Waals surface area contributed by atoms with Gasteiger partial charge in [-0.3, -0.25) is 4.79 Å². The number of nitrogen functional groups attached to an aromatic ring is 1. The van der Waals surface area contributed by atoms with Crippen LogP contribution in [0.3, 0.4) is 0 Å². The average Bonchev–Trinajstić information content (AvgIpc) is 2.65. The summed E-state index contributed by atoms with van der Waals surface area (Å²) < 4.78 is 16.3. The first-order valence-electron chi connectivity index (χ1n) is 7.79. The molecule has 0 radical (unpaired) electrons. The fraction of sp³-hybridized carbons (Fsp3) is 0.222. The summed E-state index contributed by atoms with van der Waals surface area (Å²) >= 11 is 0. The van der Waals surface area contributed by atoms with E-state index < -0.39 is 11.9 Å². The van der Waals surface area contributed by atoms with Crippen molar-refractivity contribution in [2.75, 3.05) is 25.5 Å². The lowest BCUT2D eigenvalue weighted by atomic mass is 10.2. The van der Waals surface area contributed by atoms with Crippen LogP contribution in [0.1, 0.15) is 10.4 Å². The number of amides is 1. The van der Waals surface area contributed by atoms with Gasteiger partial charge in [0.15, 0.2) is 18.1 Å². The van der Waals surface area contributed by atoms with Crippen molar-refractivity contribution in [2.45, 2.75) is 6.10 Å². The molecule has 0 unspecified atom stereocenters. The molecule has 0 aliphatic carbocycles. The van der Waals surface area contributed by atoms with Crippen LogP contribution in [0, 0.1) is 0 Å². The zero-order chi connectivity index (χ0) is 17.6. The Hall–Kier alpha value is -3.22. The Morgan fingerprint density at radius 2 is 1.84 bits per heavy atom. The van der Waals surface area contributed by atoms with E-state index in [0.29, 0.717) is 29.4 Å². The third kappa shape index (κ3) is 4.41. The predicted molar refractivity (Wildman–Crippen MR) is 90.5 cm³/mol. The number of anilines is 1. The average molecular weight is 342 g/mol. The van der Waals surface area contributed by atoms with Gasteiger partial charge in [-0.05, 0) is 36.4 Å². The molecule has 0 saturated carbocycles. The van der Waals surface area contributed by atoms with Gasteiger partial charge in [-0.2, -0.15) is 0 Å². The molecule has 2 aromatic rings. The van der Waals surface area contributed by atoms with E-state index in [1.165, 1.54) is 0 Å². The van der Waals surface area contributed by atoms with E-state index in [0.717, 1.165) is 0 Å². The zero-order valence-electron chi connectivity index (χ0n) is 13.4.